The minimum absolute atomic E-state index is 0.366. The van der Waals surface area contributed by atoms with Gasteiger partial charge in [0, 0.05) is 0 Å². The third-order valence-corrected chi connectivity index (χ3v) is 3.46. The van der Waals surface area contributed by atoms with E-state index in [-0.39, 0.29) is 5.91 Å². The minimum atomic E-state index is -0.646. The molecular formula is C13H13BrN2O2. The lowest BCUT2D eigenvalue weighted by molar-refractivity contribution is -0.127. The third-order valence-electron chi connectivity index (χ3n) is 2.64. The van der Waals surface area contributed by atoms with Crippen molar-refractivity contribution in [3.63, 3.8) is 0 Å². The monoisotopic (exact) mass is 308 g/mol. The van der Waals surface area contributed by atoms with Gasteiger partial charge in [-0.1, -0.05) is 30.3 Å². The summed E-state index contributed by atoms with van der Waals surface area (Å²) >= 11 is 3.49. The van der Waals surface area contributed by atoms with E-state index in [0.29, 0.717) is 5.75 Å². The normalized spacial score (nSPS) is 12.2. The molecule has 5 heteroatoms. The van der Waals surface area contributed by atoms with Crippen molar-refractivity contribution in [1.82, 2.24) is 5.43 Å². The molecule has 0 fully saturated rings. The maximum absolute atomic E-state index is 11.3. The summed E-state index contributed by atoms with van der Waals surface area (Å²) in [7, 11) is 0. The highest BCUT2D eigenvalue weighted by atomic mass is 79.9. The van der Waals surface area contributed by atoms with Crippen LogP contribution in [-0.4, -0.2) is 12.0 Å². The lowest BCUT2D eigenvalue weighted by Crippen LogP contribution is -2.40. The largest absolute Gasteiger partial charge is 0.480 e. The lowest BCUT2D eigenvalue weighted by atomic mass is 10.1. The number of hydrogen-bond donors (Lipinski definition) is 2. The second-order valence-electron chi connectivity index (χ2n) is 3.87. The second-order valence-corrected chi connectivity index (χ2v) is 4.66. The molecule has 0 aliphatic heterocycles. The third kappa shape index (κ3) is 2.47. The predicted molar refractivity (Wildman–Crippen MR) is 74.1 cm³/mol. The molecule has 0 spiro atoms. The molecule has 0 saturated heterocycles. The molecule has 0 aromatic heterocycles. The smallest absolute Gasteiger partial charge is 0.274 e. The zero-order valence-electron chi connectivity index (χ0n) is 9.81. The van der Waals surface area contributed by atoms with Gasteiger partial charge in [-0.15, -0.1) is 0 Å². The fraction of sp³-hybridized carbons (Fsp3) is 0.154. The Morgan fingerprint density at radius 3 is 2.78 bits per heavy atom. The first kappa shape index (κ1) is 12.9. The molecule has 94 valence electrons. The van der Waals surface area contributed by atoms with Crippen LogP contribution in [0.15, 0.2) is 40.9 Å². The number of nitrogens with two attached hydrogens (primary N) is 1. The van der Waals surface area contributed by atoms with Crippen LogP contribution < -0.4 is 16.0 Å². The van der Waals surface area contributed by atoms with Crippen LogP contribution in [0.4, 0.5) is 0 Å². The van der Waals surface area contributed by atoms with Gasteiger partial charge in [0.2, 0.25) is 0 Å². The van der Waals surface area contributed by atoms with Crippen LogP contribution in [0.2, 0.25) is 0 Å². The number of benzene rings is 2. The van der Waals surface area contributed by atoms with Crippen molar-refractivity contribution in [2.24, 2.45) is 5.84 Å². The first-order valence-electron chi connectivity index (χ1n) is 5.48. The Kier molecular flexibility index (Phi) is 3.84. The van der Waals surface area contributed by atoms with Gasteiger partial charge in [-0.05, 0) is 39.7 Å². The average molecular weight is 309 g/mol. The highest BCUT2D eigenvalue weighted by Crippen LogP contribution is 2.33. The summed E-state index contributed by atoms with van der Waals surface area (Å²) in [5.74, 6) is 5.31. The summed E-state index contributed by atoms with van der Waals surface area (Å²) in [6, 6.07) is 11.7. The summed E-state index contributed by atoms with van der Waals surface area (Å²) in [6.07, 6.45) is -0.646. The predicted octanol–water partition coefficient (Wildman–Crippen LogP) is 2.36. The van der Waals surface area contributed by atoms with Crippen LogP contribution in [0, 0.1) is 0 Å². The second kappa shape index (κ2) is 5.37. The highest BCUT2D eigenvalue weighted by molar-refractivity contribution is 9.10. The quantitative estimate of drug-likeness (QED) is 0.520. The van der Waals surface area contributed by atoms with Crippen LogP contribution in [0.3, 0.4) is 0 Å². The summed E-state index contributed by atoms with van der Waals surface area (Å²) in [6.45, 7) is 1.64. The summed E-state index contributed by atoms with van der Waals surface area (Å²) in [5, 5.41) is 2.14. The van der Waals surface area contributed by atoms with Crippen molar-refractivity contribution in [3.05, 3.63) is 40.9 Å². The molecule has 0 aliphatic carbocycles. The maximum Gasteiger partial charge on any atom is 0.274 e. The van der Waals surface area contributed by atoms with Gasteiger partial charge in [-0.2, -0.15) is 0 Å². The van der Waals surface area contributed by atoms with Gasteiger partial charge in [-0.25, -0.2) is 5.84 Å². The van der Waals surface area contributed by atoms with E-state index in [4.69, 9.17) is 10.6 Å². The van der Waals surface area contributed by atoms with E-state index in [1.807, 2.05) is 36.4 Å². The van der Waals surface area contributed by atoms with Crippen molar-refractivity contribution < 1.29 is 9.53 Å². The minimum Gasteiger partial charge on any atom is -0.480 e. The number of hydrazine groups is 1. The molecule has 4 nitrogen and oxygen atoms in total. The Hall–Kier alpha value is -1.59. The number of rotatable bonds is 3. The Balaban J connectivity index is 2.35. The molecule has 2 rings (SSSR count). The molecule has 1 amide bonds. The molecular weight excluding hydrogens is 296 g/mol. The van der Waals surface area contributed by atoms with Crippen molar-refractivity contribution in [2.75, 3.05) is 0 Å². The van der Waals surface area contributed by atoms with Gasteiger partial charge < -0.3 is 4.74 Å². The number of carbonyl (C=O) groups excluding carboxylic acids is 1. The van der Waals surface area contributed by atoms with E-state index in [2.05, 4.69) is 21.4 Å². The Labute approximate surface area is 113 Å². The number of nitrogens with one attached hydrogen (secondary N) is 1. The number of carbonyl (C=O) groups is 1. The number of fused-ring (bicyclic) bond motifs is 1. The van der Waals surface area contributed by atoms with Gasteiger partial charge >= 0.3 is 0 Å². The molecule has 2 aromatic rings. The molecule has 0 aliphatic rings. The summed E-state index contributed by atoms with van der Waals surface area (Å²) in [4.78, 5) is 11.3. The van der Waals surface area contributed by atoms with Gasteiger partial charge in [0.25, 0.3) is 5.91 Å². The highest BCUT2D eigenvalue weighted by Gasteiger charge is 2.15. The van der Waals surface area contributed by atoms with Crippen molar-refractivity contribution in [3.8, 4) is 5.75 Å². The average Bonchev–Trinajstić information content (AvgIpc) is 2.41. The lowest BCUT2D eigenvalue weighted by Gasteiger charge is -2.15. The molecule has 18 heavy (non-hydrogen) atoms. The topological polar surface area (TPSA) is 64.3 Å². The van der Waals surface area contributed by atoms with Gasteiger partial charge in [0.15, 0.2) is 6.10 Å². The maximum atomic E-state index is 11.3. The van der Waals surface area contributed by atoms with Gasteiger partial charge in [0.1, 0.15) is 5.75 Å². The van der Waals surface area contributed by atoms with E-state index in [9.17, 15) is 4.79 Å². The van der Waals surface area contributed by atoms with Crippen LogP contribution >= 0.6 is 15.9 Å². The van der Waals surface area contributed by atoms with Crippen molar-refractivity contribution >= 4 is 32.6 Å². The summed E-state index contributed by atoms with van der Waals surface area (Å²) in [5.41, 5.74) is 2.06. The van der Waals surface area contributed by atoms with Crippen LogP contribution in [0.1, 0.15) is 6.92 Å². The molecule has 3 N–H and O–H groups in total. The Bertz CT molecular complexity index is 586. The van der Waals surface area contributed by atoms with Crippen LogP contribution in [0.25, 0.3) is 10.8 Å². The molecule has 0 saturated carbocycles. The number of ether oxygens (including phenoxy) is 1. The van der Waals surface area contributed by atoms with Crippen LogP contribution in [0.5, 0.6) is 5.75 Å². The fourth-order valence-corrected chi connectivity index (χ4v) is 2.25. The zero-order chi connectivity index (χ0) is 13.1. The molecule has 1 unspecified atom stereocenters. The molecule has 0 bridgehead atoms. The number of halogens is 1. The van der Waals surface area contributed by atoms with Crippen molar-refractivity contribution in [2.45, 2.75) is 13.0 Å². The van der Waals surface area contributed by atoms with Crippen LogP contribution in [-0.2, 0) is 4.79 Å². The SMILES string of the molecule is CC(Oc1ccc2ccccc2c1Br)C(=O)NN. The van der Waals surface area contributed by atoms with E-state index in [1.165, 1.54) is 0 Å². The fourth-order valence-electron chi connectivity index (χ4n) is 1.67. The van der Waals surface area contributed by atoms with Crippen molar-refractivity contribution in [1.29, 1.82) is 0 Å². The van der Waals surface area contributed by atoms with E-state index < -0.39 is 6.10 Å². The Morgan fingerprint density at radius 2 is 2.06 bits per heavy atom. The molecule has 0 heterocycles. The Morgan fingerprint density at radius 1 is 1.33 bits per heavy atom. The van der Waals surface area contributed by atoms with E-state index in [0.717, 1.165) is 15.2 Å². The molecule has 1 atom stereocenters. The zero-order valence-corrected chi connectivity index (χ0v) is 11.4. The van der Waals surface area contributed by atoms with E-state index >= 15 is 0 Å². The van der Waals surface area contributed by atoms with Gasteiger partial charge in [-0.3, -0.25) is 10.2 Å². The number of hydrogen-bond acceptors (Lipinski definition) is 3. The van der Waals surface area contributed by atoms with Gasteiger partial charge in [0.05, 0.1) is 4.47 Å². The van der Waals surface area contributed by atoms with E-state index in [1.54, 1.807) is 6.92 Å². The number of amides is 1. The molecule has 0 radical (unpaired) electrons. The molecule has 2 aromatic carbocycles. The summed E-state index contributed by atoms with van der Waals surface area (Å²) < 4.78 is 6.40. The first-order chi connectivity index (χ1) is 8.63. The standard InChI is InChI=1S/C13H13BrN2O2/c1-8(13(17)16-15)18-11-7-6-9-4-2-3-5-10(9)12(11)14/h2-8H,15H2,1H3,(H,16,17). The first-order valence-corrected chi connectivity index (χ1v) is 6.27.